The van der Waals surface area contributed by atoms with Crippen LogP contribution in [0.3, 0.4) is 0 Å². The van der Waals surface area contributed by atoms with Crippen LogP contribution in [0.25, 0.3) is 0 Å². The average molecular weight is 381 g/mol. The Labute approximate surface area is 167 Å². The van der Waals surface area contributed by atoms with E-state index in [4.69, 9.17) is 0 Å². The fraction of sp³-hybridized carbons (Fsp3) is 0.375. The van der Waals surface area contributed by atoms with Crippen molar-refractivity contribution in [2.24, 2.45) is 5.92 Å². The Hall–Kier alpha value is -2.46. The highest BCUT2D eigenvalue weighted by molar-refractivity contribution is 5.79. The number of allylic oxidation sites excluding steroid dienone is 1. The van der Waals surface area contributed by atoms with Crippen molar-refractivity contribution in [2.75, 3.05) is 6.54 Å². The smallest absolute Gasteiger partial charge is 0.225 e. The Bertz CT molecular complexity index is 844. The van der Waals surface area contributed by atoms with E-state index in [2.05, 4.69) is 61.3 Å². The summed E-state index contributed by atoms with van der Waals surface area (Å²) in [6.07, 6.45) is 5.01. The van der Waals surface area contributed by atoms with Gasteiger partial charge in [0.05, 0.1) is 5.92 Å². The second-order valence-corrected chi connectivity index (χ2v) is 7.76. The topological polar surface area (TPSA) is 32.3 Å². The van der Waals surface area contributed by atoms with Crippen molar-refractivity contribution in [3.63, 3.8) is 0 Å². The lowest BCUT2D eigenvalue weighted by Gasteiger charge is -2.32. The molecule has 2 aromatic rings. The van der Waals surface area contributed by atoms with Gasteiger partial charge in [-0.2, -0.15) is 0 Å². The predicted molar refractivity (Wildman–Crippen MR) is 111 cm³/mol. The summed E-state index contributed by atoms with van der Waals surface area (Å²) in [6.45, 7) is 8.49. The minimum atomic E-state index is -0.264. The number of carbonyl (C=O) groups excluding carboxylic acids is 1. The highest BCUT2D eigenvalue weighted by atomic mass is 19.1. The van der Waals surface area contributed by atoms with Gasteiger partial charge in [0.15, 0.2) is 0 Å². The fourth-order valence-corrected chi connectivity index (χ4v) is 3.72. The van der Waals surface area contributed by atoms with E-state index in [9.17, 15) is 9.18 Å². The number of hydrogen-bond acceptors (Lipinski definition) is 2. The van der Waals surface area contributed by atoms with Gasteiger partial charge >= 0.3 is 0 Å². The van der Waals surface area contributed by atoms with Crippen LogP contribution in [0.15, 0.2) is 54.6 Å². The predicted octanol–water partition coefficient (Wildman–Crippen LogP) is 4.53. The van der Waals surface area contributed by atoms with E-state index in [1.54, 1.807) is 12.1 Å². The summed E-state index contributed by atoms with van der Waals surface area (Å²) < 4.78 is 13.0. The maximum Gasteiger partial charge on any atom is 0.225 e. The summed E-state index contributed by atoms with van der Waals surface area (Å²) in [4.78, 5) is 15.2. The van der Waals surface area contributed by atoms with E-state index in [0.29, 0.717) is 6.54 Å². The Kier molecular flexibility index (Phi) is 6.63. The van der Waals surface area contributed by atoms with Gasteiger partial charge in [-0.3, -0.25) is 9.69 Å². The van der Waals surface area contributed by atoms with E-state index in [-0.39, 0.29) is 23.7 Å². The highest BCUT2D eigenvalue weighted by Gasteiger charge is 2.30. The molecule has 0 fully saturated rings. The molecule has 3 nitrogen and oxygen atoms in total. The van der Waals surface area contributed by atoms with Crippen LogP contribution in [0.4, 0.5) is 4.39 Å². The molecule has 4 heteroatoms. The van der Waals surface area contributed by atoms with Crippen molar-refractivity contribution >= 4 is 5.91 Å². The SMILES string of the molecule is Cc1ccc(C)c(CN2CC=CC[C@H](C(=O)NCc3ccc(F)cc3)[C@H]2C)c1. The molecule has 2 aromatic carbocycles. The van der Waals surface area contributed by atoms with Crippen molar-refractivity contribution in [3.8, 4) is 0 Å². The second-order valence-electron chi connectivity index (χ2n) is 7.76. The van der Waals surface area contributed by atoms with Crippen molar-refractivity contribution in [2.45, 2.75) is 46.3 Å². The van der Waals surface area contributed by atoms with E-state index < -0.39 is 0 Å². The molecule has 28 heavy (non-hydrogen) atoms. The Morgan fingerprint density at radius 3 is 2.64 bits per heavy atom. The van der Waals surface area contributed by atoms with Gasteiger partial charge in [-0.05, 0) is 56.0 Å². The minimum absolute atomic E-state index is 0.0503. The summed E-state index contributed by atoms with van der Waals surface area (Å²) in [5.74, 6) is -0.321. The molecule has 0 saturated heterocycles. The molecule has 0 aliphatic carbocycles. The van der Waals surface area contributed by atoms with Crippen LogP contribution in [-0.4, -0.2) is 23.4 Å². The molecule has 1 amide bonds. The average Bonchev–Trinajstić information content (AvgIpc) is 2.86. The lowest BCUT2D eigenvalue weighted by atomic mass is 9.95. The molecule has 0 bridgehead atoms. The van der Waals surface area contributed by atoms with Gasteiger partial charge in [0, 0.05) is 25.7 Å². The molecule has 1 aliphatic heterocycles. The summed E-state index contributed by atoms with van der Waals surface area (Å²) in [7, 11) is 0. The normalized spacial score (nSPS) is 20.0. The van der Waals surface area contributed by atoms with Gasteiger partial charge in [0.25, 0.3) is 0 Å². The molecular formula is C24H29FN2O. The summed E-state index contributed by atoms with van der Waals surface area (Å²) in [5, 5.41) is 3.03. The lowest BCUT2D eigenvalue weighted by Crippen LogP contribution is -2.44. The van der Waals surface area contributed by atoms with Crippen molar-refractivity contribution in [1.82, 2.24) is 10.2 Å². The first-order chi connectivity index (χ1) is 13.4. The van der Waals surface area contributed by atoms with Gasteiger partial charge in [0.2, 0.25) is 5.91 Å². The van der Waals surface area contributed by atoms with Crippen molar-refractivity contribution in [3.05, 3.63) is 82.7 Å². The van der Waals surface area contributed by atoms with Gasteiger partial charge in [0.1, 0.15) is 5.82 Å². The molecular weight excluding hydrogens is 351 g/mol. The molecule has 1 N–H and O–H groups in total. The third kappa shape index (κ3) is 5.08. The van der Waals surface area contributed by atoms with Gasteiger partial charge < -0.3 is 5.32 Å². The van der Waals surface area contributed by atoms with Crippen LogP contribution in [0.2, 0.25) is 0 Å². The van der Waals surface area contributed by atoms with Gasteiger partial charge in [-0.25, -0.2) is 4.39 Å². The maximum absolute atomic E-state index is 13.0. The quantitative estimate of drug-likeness (QED) is 0.773. The number of amides is 1. The number of rotatable bonds is 5. The van der Waals surface area contributed by atoms with Crippen molar-refractivity contribution < 1.29 is 9.18 Å². The molecule has 2 atom stereocenters. The van der Waals surface area contributed by atoms with Crippen LogP contribution in [-0.2, 0) is 17.9 Å². The summed E-state index contributed by atoms with van der Waals surface area (Å²) in [6, 6.07) is 12.9. The number of benzene rings is 2. The third-order valence-corrected chi connectivity index (χ3v) is 5.65. The monoisotopic (exact) mass is 380 g/mol. The Morgan fingerprint density at radius 1 is 1.14 bits per heavy atom. The molecule has 0 unspecified atom stereocenters. The minimum Gasteiger partial charge on any atom is -0.352 e. The van der Waals surface area contributed by atoms with E-state index in [1.807, 2.05) is 0 Å². The first kappa shape index (κ1) is 20.3. The largest absolute Gasteiger partial charge is 0.352 e. The lowest BCUT2D eigenvalue weighted by molar-refractivity contribution is -0.127. The van der Waals surface area contributed by atoms with Crippen LogP contribution >= 0.6 is 0 Å². The molecule has 1 aliphatic rings. The molecule has 3 rings (SSSR count). The number of nitrogens with zero attached hydrogens (tertiary/aromatic N) is 1. The Balaban J connectivity index is 1.67. The highest BCUT2D eigenvalue weighted by Crippen LogP contribution is 2.23. The fourth-order valence-electron chi connectivity index (χ4n) is 3.72. The summed E-state index contributed by atoms with van der Waals surface area (Å²) in [5.41, 5.74) is 4.75. The van der Waals surface area contributed by atoms with Crippen LogP contribution < -0.4 is 5.32 Å². The third-order valence-electron chi connectivity index (χ3n) is 5.65. The van der Waals surface area contributed by atoms with E-state index in [0.717, 1.165) is 25.1 Å². The van der Waals surface area contributed by atoms with Crippen LogP contribution in [0, 0.1) is 25.6 Å². The molecule has 0 saturated carbocycles. The van der Waals surface area contributed by atoms with Gasteiger partial charge in [-0.15, -0.1) is 0 Å². The van der Waals surface area contributed by atoms with Crippen LogP contribution in [0.5, 0.6) is 0 Å². The number of carbonyl (C=O) groups is 1. The molecule has 148 valence electrons. The van der Waals surface area contributed by atoms with Crippen LogP contribution in [0.1, 0.15) is 35.6 Å². The number of halogens is 1. The number of nitrogens with one attached hydrogen (secondary N) is 1. The van der Waals surface area contributed by atoms with Gasteiger partial charge in [-0.1, -0.05) is 48.0 Å². The second kappa shape index (κ2) is 9.16. The molecule has 0 radical (unpaired) electrons. The Morgan fingerprint density at radius 2 is 1.89 bits per heavy atom. The molecule has 1 heterocycles. The molecule has 0 aromatic heterocycles. The van der Waals surface area contributed by atoms with Crippen molar-refractivity contribution in [1.29, 1.82) is 0 Å². The first-order valence-electron chi connectivity index (χ1n) is 9.91. The van der Waals surface area contributed by atoms with E-state index >= 15 is 0 Å². The zero-order chi connectivity index (χ0) is 20.1. The number of aryl methyl sites for hydroxylation is 2. The van der Waals surface area contributed by atoms with E-state index in [1.165, 1.54) is 28.8 Å². The number of hydrogen-bond donors (Lipinski definition) is 1. The standard InChI is InChI=1S/C24H29FN2O/c1-17-7-8-18(2)21(14-17)16-27-13-5-4-6-23(19(27)3)24(28)26-15-20-9-11-22(25)12-10-20/h4-5,7-12,14,19,23H,6,13,15-16H2,1-3H3,(H,26,28)/t19-,23+/m1/s1. The zero-order valence-corrected chi connectivity index (χ0v) is 16.9. The first-order valence-corrected chi connectivity index (χ1v) is 9.91. The molecule has 0 spiro atoms. The zero-order valence-electron chi connectivity index (χ0n) is 16.9. The maximum atomic E-state index is 13.0. The summed E-state index contributed by atoms with van der Waals surface area (Å²) >= 11 is 0.